The first-order chi connectivity index (χ1) is 10.3. The lowest BCUT2D eigenvalue weighted by molar-refractivity contribution is 0.0735. The van der Waals surface area contributed by atoms with E-state index in [1.165, 1.54) is 51.4 Å². The number of rotatable bonds is 1. The van der Waals surface area contributed by atoms with Crippen molar-refractivity contribution in [3.63, 3.8) is 0 Å². The molecule has 0 saturated heterocycles. The molecule has 0 radical (unpaired) electrons. The van der Waals surface area contributed by atoms with E-state index in [9.17, 15) is 0 Å². The minimum absolute atomic E-state index is 0.999. The first-order valence-electron chi connectivity index (χ1n) is 10.3. The summed E-state index contributed by atoms with van der Waals surface area (Å²) in [7, 11) is 0. The molecule has 4 atom stereocenters. The van der Waals surface area contributed by atoms with E-state index >= 15 is 0 Å². The highest BCUT2D eigenvalue weighted by atomic mass is 14.4. The predicted molar refractivity (Wildman–Crippen MR) is 92.4 cm³/mol. The van der Waals surface area contributed by atoms with Crippen LogP contribution >= 0.6 is 0 Å². The maximum absolute atomic E-state index is 2.51. The average molecular weight is 291 g/mol. The van der Waals surface area contributed by atoms with Gasteiger partial charge in [0.05, 0.1) is 0 Å². The summed E-state index contributed by atoms with van der Waals surface area (Å²) in [6.45, 7) is 2.51. The number of hydrogen-bond acceptors (Lipinski definition) is 0. The molecule has 122 valence electrons. The minimum atomic E-state index is 0.999. The Morgan fingerprint density at radius 1 is 0.429 bits per heavy atom. The van der Waals surface area contributed by atoms with E-state index in [1.54, 1.807) is 44.9 Å². The zero-order valence-electron chi connectivity index (χ0n) is 14.5. The molecule has 3 fully saturated rings. The zero-order valence-corrected chi connectivity index (χ0v) is 14.5. The molecule has 0 heteroatoms. The lowest BCUT2D eigenvalue weighted by atomic mass is 9.62. The molecule has 0 aromatic rings. The molecule has 0 amide bonds. The molecule has 0 aliphatic heterocycles. The van der Waals surface area contributed by atoms with Crippen molar-refractivity contribution in [2.24, 2.45) is 29.6 Å². The van der Waals surface area contributed by atoms with E-state index in [4.69, 9.17) is 0 Å². The molecule has 0 nitrogen and oxygen atoms in total. The quantitative estimate of drug-likeness (QED) is 0.488. The molecule has 4 unspecified atom stereocenters. The van der Waals surface area contributed by atoms with Gasteiger partial charge in [0.25, 0.3) is 0 Å². The van der Waals surface area contributed by atoms with E-state index in [2.05, 4.69) is 6.92 Å². The standard InChI is InChI=1S/C21H38/c1-17-9-5-7-13-20(18-10-3-2-4-11-18)21-14-8-6-12-19(21)16-15-17/h17-21H,2-16H2,1H3. The van der Waals surface area contributed by atoms with Gasteiger partial charge in [-0.1, -0.05) is 84.0 Å². The van der Waals surface area contributed by atoms with Crippen LogP contribution in [0.2, 0.25) is 0 Å². The lowest BCUT2D eigenvalue weighted by Crippen LogP contribution is -2.33. The second-order valence-electron chi connectivity index (χ2n) is 8.74. The Kier molecular flexibility index (Phi) is 6.07. The summed E-state index contributed by atoms with van der Waals surface area (Å²) in [4.78, 5) is 0. The summed E-state index contributed by atoms with van der Waals surface area (Å²) in [6.07, 6.45) is 23.2. The Hall–Kier alpha value is 0. The Morgan fingerprint density at radius 2 is 0.905 bits per heavy atom. The fourth-order valence-corrected chi connectivity index (χ4v) is 6.04. The summed E-state index contributed by atoms with van der Waals surface area (Å²) >= 11 is 0. The van der Waals surface area contributed by atoms with Crippen LogP contribution in [-0.2, 0) is 0 Å². The van der Waals surface area contributed by atoms with Gasteiger partial charge in [-0.15, -0.1) is 0 Å². The molecule has 0 N–H and O–H groups in total. The largest absolute Gasteiger partial charge is 0.0625 e. The Bertz CT molecular complexity index is 288. The van der Waals surface area contributed by atoms with Crippen LogP contribution in [-0.4, -0.2) is 0 Å². The Labute approximate surface area is 133 Å². The van der Waals surface area contributed by atoms with Crippen LogP contribution in [0.4, 0.5) is 0 Å². The predicted octanol–water partition coefficient (Wildman–Crippen LogP) is 6.98. The van der Waals surface area contributed by atoms with Crippen LogP contribution in [0.15, 0.2) is 0 Å². The van der Waals surface area contributed by atoms with Crippen molar-refractivity contribution in [3.05, 3.63) is 0 Å². The van der Waals surface area contributed by atoms with Crippen LogP contribution < -0.4 is 0 Å². The van der Waals surface area contributed by atoms with Gasteiger partial charge < -0.3 is 0 Å². The molecule has 0 bridgehead atoms. The van der Waals surface area contributed by atoms with Gasteiger partial charge in [-0.3, -0.25) is 0 Å². The van der Waals surface area contributed by atoms with Gasteiger partial charge >= 0.3 is 0 Å². The number of fused-ring (bicyclic) bond motifs is 1. The van der Waals surface area contributed by atoms with E-state index < -0.39 is 0 Å². The fraction of sp³-hybridized carbons (Fsp3) is 1.00. The molecule has 0 aromatic heterocycles. The molecule has 3 aliphatic rings. The van der Waals surface area contributed by atoms with Gasteiger partial charge in [0.15, 0.2) is 0 Å². The van der Waals surface area contributed by atoms with Gasteiger partial charge in [0.1, 0.15) is 0 Å². The molecular weight excluding hydrogens is 252 g/mol. The Morgan fingerprint density at radius 3 is 1.57 bits per heavy atom. The normalized spacial score (nSPS) is 40.4. The van der Waals surface area contributed by atoms with Crippen LogP contribution in [0.1, 0.15) is 103 Å². The highest BCUT2D eigenvalue weighted by Gasteiger charge is 2.36. The Balaban J connectivity index is 1.70. The summed E-state index contributed by atoms with van der Waals surface area (Å²) < 4.78 is 0. The maximum Gasteiger partial charge on any atom is -0.0355 e. The van der Waals surface area contributed by atoms with Crippen molar-refractivity contribution < 1.29 is 0 Å². The molecule has 3 rings (SSSR count). The molecular formula is C21H38. The molecule has 21 heavy (non-hydrogen) atoms. The molecule has 3 saturated carbocycles. The molecule has 0 spiro atoms. The van der Waals surface area contributed by atoms with E-state index in [-0.39, 0.29) is 0 Å². The first-order valence-corrected chi connectivity index (χ1v) is 10.3. The van der Waals surface area contributed by atoms with Crippen LogP contribution in [0, 0.1) is 29.6 Å². The first kappa shape index (κ1) is 15.9. The van der Waals surface area contributed by atoms with Gasteiger partial charge in [-0.25, -0.2) is 0 Å². The highest BCUT2D eigenvalue weighted by molar-refractivity contribution is 4.87. The molecule has 0 aromatic carbocycles. The van der Waals surface area contributed by atoms with Crippen molar-refractivity contribution in [2.45, 2.75) is 103 Å². The van der Waals surface area contributed by atoms with Gasteiger partial charge in [-0.2, -0.15) is 0 Å². The summed E-state index contributed by atoms with van der Waals surface area (Å²) in [5.74, 6) is 5.45. The smallest absolute Gasteiger partial charge is 0.0355 e. The van der Waals surface area contributed by atoms with E-state index in [0.717, 1.165) is 29.6 Å². The van der Waals surface area contributed by atoms with Gasteiger partial charge in [-0.05, 0) is 48.9 Å². The zero-order chi connectivity index (χ0) is 14.5. The summed E-state index contributed by atoms with van der Waals surface area (Å²) in [6, 6.07) is 0. The monoisotopic (exact) mass is 290 g/mol. The SMILES string of the molecule is CC1CCCCC(C2CCCCC2)C2CCCCC2CC1. The van der Waals surface area contributed by atoms with Crippen LogP contribution in [0.25, 0.3) is 0 Å². The minimum Gasteiger partial charge on any atom is -0.0625 e. The van der Waals surface area contributed by atoms with E-state index in [0.29, 0.717) is 0 Å². The van der Waals surface area contributed by atoms with E-state index in [1.807, 2.05) is 0 Å². The summed E-state index contributed by atoms with van der Waals surface area (Å²) in [5, 5.41) is 0. The van der Waals surface area contributed by atoms with Gasteiger partial charge in [0.2, 0.25) is 0 Å². The van der Waals surface area contributed by atoms with Crippen molar-refractivity contribution >= 4 is 0 Å². The van der Waals surface area contributed by atoms with Crippen LogP contribution in [0.5, 0.6) is 0 Å². The summed E-state index contributed by atoms with van der Waals surface area (Å²) in [5.41, 5.74) is 0. The van der Waals surface area contributed by atoms with Crippen molar-refractivity contribution in [1.82, 2.24) is 0 Å². The second kappa shape index (κ2) is 8.02. The van der Waals surface area contributed by atoms with Gasteiger partial charge in [0, 0.05) is 0 Å². The van der Waals surface area contributed by atoms with Crippen LogP contribution in [0.3, 0.4) is 0 Å². The van der Waals surface area contributed by atoms with Crippen molar-refractivity contribution in [1.29, 1.82) is 0 Å². The fourth-order valence-electron chi connectivity index (χ4n) is 6.04. The van der Waals surface area contributed by atoms with Crippen molar-refractivity contribution in [3.8, 4) is 0 Å². The second-order valence-corrected chi connectivity index (χ2v) is 8.74. The van der Waals surface area contributed by atoms with Crippen molar-refractivity contribution in [2.75, 3.05) is 0 Å². The lowest BCUT2D eigenvalue weighted by Gasteiger charge is -2.43. The molecule has 0 heterocycles. The highest BCUT2D eigenvalue weighted by Crippen LogP contribution is 2.47. The third-order valence-electron chi connectivity index (χ3n) is 7.29. The topological polar surface area (TPSA) is 0 Å². The number of hydrogen-bond donors (Lipinski definition) is 0. The molecule has 3 aliphatic carbocycles. The third kappa shape index (κ3) is 4.26. The third-order valence-corrected chi connectivity index (χ3v) is 7.29. The maximum atomic E-state index is 2.51. The average Bonchev–Trinajstić information content (AvgIpc) is 2.54.